The number of quaternary nitrogens is 1. The van der Waals surface area contributed by atoms with E-state index in [1.807, 2.05) is 7.05 Å². The van der Waals surface area contributed by atoms with E-state index in [-0.39, 0.29) is 11.7 Å². The van der Waals surface area contributed by atoms with Gasteiger partial charge in [0.15, 0.2) is 5.78 Å². The quantitative estimate of drug-likeness (QED) is 0.0635. The Morgan fingerprint density at radius 2 is 0.692 bits per heavy atom. The van der Waals surface area contributed by atoms with Gasteiger partial charge < -0.3 is 0 Å². The number of ketones is 1. The third kappa shape index (κ3) is 24.8. The maximum absolute atomic E-state index is 12.9. The molecule has 232 valence electrons. The molecule has 3 nitrogen and oxygen atoms in total. The summed E-state index contributed by atoms with van der Waals surface area (Å²) in [6.07, 6.45) is 35.7. The molecule has 0 N–H and O–H groups in total. The molecule has 0 aliphatic carbocycles. The summed E-state index contributed by atoms with van der Waals surface area (Å²) in [6, 6.07) is 0. The lowest BCUT2D eigenvalue weighted by molar-refractivity contribution is -0.824. The van der Waals surface area contributed by atoms with E-state index >= 15 is 0 Å². The van der Waals surface area contributed by atoms with Crippen molar-refractivity contribution < 1.29 is 14.1 Å². The Morgan fingerprint density at radius 1 is 0.410 bits per heavy atom. The van der Waals surface area contributed by atoms with Crippen molar-refractivity contribution in [3.05, 3.63) is 0 Å². The molecule has 0 saturated carbocycles. The summed E-state index contributed by atoms with van der Waals surface area (Å²) in [5.41, 5.74) is 0. The van der Waals surface area contributed by atoms with Crippen molar-refractivity contribution in [1.82, 2.24) is 0 Å². The van der Waals surface area contributed by atoms with Crippen LogP contribution in [0.5, 0.6) is 0 Å². The molecule has 0 rings (SSSR count). The Bertz CT molecular complexity index is 546. The van der Waals surface area contributed by atoms with E-state index in [0.29, 0.717) is 23.9 Å². The fourth-order valence-electron chi connectivity index (χ4n) is 5.75. The number of rotatable bonds is 31. The average molecular weight is 551 g/mol. The second-order valence-electron chi connectivity index (χ2n) is 12.8. The Kier molecular flexibility index (Phi) is 28.3. The van der Waals surface area contributed by atoms with E-state index in [2.05, 4.69) is 20.8 Å². The van der Waals surface area contributed by atoms with Crippen LogP contribution in [0.2, 0.25) is 0 Å². The molecule has 0 aromatic heterocycles. The minimum absolute atomic E-state index is 0.263. The molecular weight excluding hydrogens is 478 g/mol. The van der Waals surface area contributed by atoms with Crippen LogP contribution in [0, 0.1) is 0 Å². The third-order valence-corrected chi connectivity index (χ3v) is 8.88. The number of nitrogens with zero attached hydrogens (tertiary/aromatic N) is 1. The van der Waals surface area contributed by atoms with Crippen molar-refractivity contribution in [2.75, 3.05) is 20.1 Å². The van der Waals surface area contributed by atoms with Gasteiger partial charge in [-0.2, -0.15) is 0 Å². The molecule has 0 bridgehead atoms. The molecule has 0 spiro atoms. The van der Waals surface area contributed by atoms with Crippen LogP contribution in [0.4, 0.5) is 0 Å². The number of likely N-dealkylation sites (N-methyl/N-ethyl adjacent to an activating group) is 1. The minimum atomic E-state index is 0.263. The van der Waals surface area contributed by atoms with Crippen LogP contribution in [-0.4, -0.2) is 36.3 Å². The molecule has 0 saturated heterocycles. The highest BCUT2D eigenvalue weighted by molar-refractivity contribution is 5.82. The van der Waals surface area contributed by atoms with Crippen LogP contribution in [-0.2, 0) is 9.59 Å². The predicted octanol–water partition coefficient (Wildman–Crippen LogP) is 11.5. The first kappa shape index (κ1) is 38.3. The fraction of sp³-hybridized carbons (Fsp3) is 0.944. The first-order chi connectivity index (χ1) is 19.0. The Balaban J connectivity index is 3.71. The number of amides is 1. The van der Waals surface area contributed by atoms with Gasteiger partial charge in [-0.25, -0.2) is 4.79 Å². The zero-order valence-electron chi connectivity index (χ0n) is 27.5. The highest BCUT2D eigenvalue weighted by Gasteiger charge is 2.31. The summed E-state index contributed by atoms with van der Waals surface area (Å²) in [6.45, 7) is 7.73. The van der Waals surface area contributed by atoms with Gasteiger partial charge in [-0.15, -0.1) is 0 Å². The summed E-state index contributed by atoms with van der Waals surface area (Å²) >= 11 is 0. The maximum atomic E-state index is 12.9. The smallest absolute Gasteiger partial charge is 0.293 e. The molecule has 1 unspecified atom stereocenters. The van der Waals surface area contributed by atoms with E-state index in [9.17, 15) is 9.59 Å². The zero-order chi connectivity index (χ0) is 28.9. The monoisotopic (exact) mass is 551 g/mol. The van der Waals surface area contributed by atoms with Crippen molar-refractivity contribution >= 4 is 11.7 Å². The van der Waals surface area contributed by atoms with Gasteiger partial charge in [-0.1, -0.05) is 168 Å². The van der Waals surface area contributed by atoms with E-state index in [1.165, 1.54) is 141 Å². The Morgan fingerprint density at radius 3 is 1.00 bits per heavy atom. The molecule has 0 heterocycles. The van der Waals surface area contributed by atoms with Gasteiger partial charge in [0.05, 0.1) is 20.0 Å². The molecule has 1 atom stereocenters. The zero-order valence-corrected chi connectivity index (χ0v) is 27.5. The highest BCUT2D eigenvalue weighted by atomic mass is 16.2. The molecule has 0 aromatic carbocycles. The lowest BCUT2D eigenvalue weighted by Gasteiger charge is -2.29. The first-order valence-corrected chi connectivity index (χ1v) is 17.9. The van der Waals surface area contributed by atoms with Gasteiger partial charge in [-0.05, 0) is 19.8 Å². The molecular formula is C36H72NO2+. The summed E-state index contributed by atoms with van der Waals surface area (Å²) in [7, 11) is 1.98. The molecule has 0 aliphatic heterocycles. The van der Waals surface area contributed by atoms with E-state index in [1.54, 1.807) is 0 Å². The largest absolute Gasteiger partial charge is 0.313 e. The van der Waals surface area contributed by atoms with E-state index in [0.717, 1.165) is 32.2 Å². The van der Waals surface area contributed by atoms with Gasteiger partial charge >= 0.3 is 5.91 Å². The van der Waals surface area contributed by atoms with Gasteiger partial charge in [0.1, 0.15) is 6.54 Å². The van der Waals surface area contributed by atoms with Crippen molar-refractivity contribution in [1.29, 1.82) is 0 Å². The highest BCUT2D eigenvalue weighted by Crippen LogP contribution is 2.16. The topological polar surface area (TPSA) is 34.1 Å². The number of hydrogen-bond acceptors (Lipinski definition) is 2. The molecule has 39 heavy (non-hydrogen) atoms. The van der Waals surface area contributed by atoms with Crippen molar-refractivity contribution in [2.24, 2.45) is 0 Å². The number of Topliss-reactive ketones (excluding diaryl/α,β-unsaturated/α-hetero) is 1. The number of carbonyl (C=O) groups excluding carboxylic acids is 2. The molecule has 0 aliphatic rings. The summed E-state index contributed by atoms with van der Waals surface area (Å²) in [5, 5.41) is 0. The Labute approximate surface area is 246 Å². The summed E-state index contributed by atoms with van der Waals surface area (Å²) in [5.74, 6) is 0.542. The van der Waals surface area contributed by atoms with Crippen molar-refractivity contribution in [3.63, 3.8) is 0 Å². The minimum Gasteiger partial charge on any atom is -0.293 e. The summed E-state index contributed by atoms with van der Waals surface area (Å²) in [4.78, 5) is 25.6. The number of carbonyl (C=O) groups is 2. The number of unbranched alkanes of at least 4 members (excludes halogenated alkanes) is 24. The molecule has 0 radical (unpaired) electrons. The standard InChI is InChI=1S/C36H72NO2/c1-5-8-10-12-14-16-18-20-22-24-26-28-30-32-35(38)34-37(4,7-3)36(39)33-31-29-27-25-23-21-19-17-15-13-11-9-6-2/h5-34H2,1-4H3/q+1. The van der Waals surface area contributed by atoms with Crippen LogP contribution in [0.25, 0.3) is 0 Å². The molecule has 0 aromatic rings. The molecule has 3 heteroatoms. The predicted molar refractivity (Wildman–Crippen MR) is 172 cm³/mol. The SMILES string of the molecule is CCCCCCCCCCCCCCCC(=O)C[N+](C)(CC)C(=O)CCCCCCCCCCCCCCC. The van der Waals surface area contributed by atoms with Gasteiger partial charge in [-0.3, -0.25) is 9.28 Å². The van der Waals surface area contributed by atoms with Crippen LogP contribution in [0.3, 0.4) is 0 Å². The van der Waals surface area contributed by atoms with Gasteiger partial charge in [0, 0.05) is 6.42 Å². The van der Waals surface area contributed by atoms with Crippen LogP contribution < -0.4 is 0 Å². The first-order valence-electron chi connectivity index (χ1n) is 17.9. The Hall–Kier alpha value is -0.700. The summed E-state index contributed by atoms with van der Waals surface area (Å²) < 4.78 is 0.301. The lowest BCUT2D eigenvalue weighted by atomic mass is 10.0. The van der Waals surface area contributed by atoms with Crippen molar-refractivity contribution in [2.45, 2.75) is 201 Å². The van der Waals surface area contributed by atoms with Crippen molar-refractivity contribution in [3.8, 4) is 0 Å². The maximum Gasteiger partial charge on any atom is 0.313 e. The van der Waals surface area contributed by atoms with Gasteiger partial charge in [0.25, 0.3) is 0 Å². The van der Waals surface area contributed by atoms with Crippen LogP contribution in [0.1, 0.15) is 201 Å². The second-order valence-corrected chi connectivity index (χ2v) is 12.8. The number of hydrogen-bond donors (Lipinski definition) is 0. The molecule has 1 amide bonds. The molecule has 0 fully saturated rings. The third-order valence-electron chi connectivity index (χ3n) is 8.88. The lowest BCUT2D eigenvalue weighted by Crippen LogP contribution is -2.52. The normalized spacial score (nSPS) is 13.0. The van der Waals surface area contributed by atoms with E-state index < -0.39 is 0 Å². The second kappa shape index (κ2) is 28.8. The average Bonchev–Trinajstić information content (AvgIpc) is 2.93. The van der Waals surface area contributed by atoms with Crippen LogP contribution >= 0.6 is 0 Å². The van der Waals surface area contributed by atoms with Crippen LogP contribution in [0.15, 0.2) is 0 Å². The van der Waals surface area contributed by atoms with Gasteiger partial charge in [0.2, 0.25) is 0 Å². The fourth-order valence-corrected chi connectivity index (χ4v) is 5.75. The van der Waals surface area contributed by atoms with E-state index in [4.69, 9.17) is 0 Å².